The average molecular weight is 274 g/mol. The highest BCUT2D eigenvalue weighted by atomic mass is 35.5. The number of hydrogen-bond acceptors (Lipinski definition) is 3. The van der Waals surface area contributed by atoms with Gasteiger partial charge in [0.25, 0.3) is 0 Å². The molecule has 0 radical (unpaired) electrons. The molecular formula is C14H12ClN3O. The predicted octanol–water partition coefficient (Wildman–Crippen LogP) is 3.25. The van der Waals surface area contributed by atoms with Crippen LogP contribution in [-0.2, 0) is 0 Å². The van der Waals surface area contributed by atoms with Gasteiger partial charge < -0.3 is 10.5 Å². The zero-order valence-electron chi connectivity index (χ0n) is 10.3. The van der Waals surface area contributed by atoms with Crippen molar-refractivity contribution in [2.75, 3.05) is 12.8 Å². The third-order valence-electron chi connectivity index (χ3n) is 3.00. The maximum Gasteiger partial charge on any atom is 0.139 e. The minimum atomic E-state index is 0.544. The summed E-state index contributed by atoms with van der Waals surface area (Å²) < 4.78 is 7.16. The van der Waals surface area contributed by atoms with E-state index < -0.39 is 0 Å². The number of benzene rings is 1. The zero-order valence-corrected chi connectivity index (χ0v) is 11.1. The van der Waals surface area contributed by atoms with Gasteiger partial charge in [-0.2, -0.15) is 0 Å². The first-order chi connectivity index (χ1) is 9.22. The maximum atomic E-state index is 6.26. The molecule has 0 aliphatic rings. The monoisotopic (exact) mass is 273 g/mol. The Bertz CT molecular complexity index is 752. The number of aromatic nitrogens is 2. The first kappa shape index (κ1) is 11.9. The number of rotatable bonds is 2. The van der Waals surface area contributed by atoms with Crippen molar-refractivity contribution < 1.29 is 4.74 Å². The quantitative estimate of drug-likeness (QED) is 0.780. The predicted molar refractivity (Wildman–Crippen MR) is 76.6 cm³/mol. The molecule has 2 aromatic heterocycles. The Labute approximate surface area is 115 Å². The first-order valence-electron chi connectivity index (χ1n) is 5.78. The number of pyridine rings is 1. The van der Waals surface area contributed by atoms with Crippen molar-refractivity contribution in [3.8, 4) is 17.0 Å². The van der Waals surface area contributed by atoms with Crippen LogP contribution in [0.5, 0.6) is 5.75 Å². The Kier molecular flexibility index (Phi) is 2.80. The zero-order chi connectivity index (χ0) is 13.4. The summed E-state index contributed by atoms with van der Waals surface area (Å²) in [4.78, 5) is 4.53. The molecule has 0 spiro atoms. The smallest absolute Gasteiger partial charge is 0.139 e. The molecule has 0 unspecified atom stereocenters. The van der Waals surface area contributed by atoms with Crippen molar-refractivity contribution >= 4 is 23.1 Å². The van der Waals surface area contributed by atoms with Crippen molar-refractivity contribution in [3.63, 3.8) is 0 Å². The van der Waals surface area contributed by atoms with Crippen LogP contribution in [0, 0.1) is 0 Å². The molecule has 2 N–H and O–H groups in total. The second kappa shape index (κ2) is 4.48. The minimum absolute atomic E-state index is 0.544. The summed E-state index contributed by atoms with van der Waals surface area (Å²) in [5.74, 6) is 1.20. The van der Waals surface area contributed by atoms with E-state index in [9.17, 15) is 0 Å². The molecule has 1 aromatic carbocycles. The summed E-state index contributed by atoms with van der Waals surface area (Å²) in [7, 11) is 1.60. The van der Waals surface area contributed by atoms with Gasteiger partial charge in [-0.15, -0.1) is 0 Å². The molecule has 0 atom stereocenters. The fourth-order valence-corrected chi connectivity index (χ4v) is 2.36. The highest BCUT2D eigenvalue weighted by Crippen LogP contribution is 2.38. The summed E-state index contributed by atoms with van der Waals surface area (Å²) in [5, 5.41) is 0.564. The van der Waals surface area contributed by atoms with Crippen molar-refractivity contribution in [3.05, 3.63) is 47.6 Å². The van der Waals surface area contributed by atoms with E-state index in [-0.39, 0.29) is 0 Å². The number of methoxy groups -OCH3 is 1. The van der Waals surface area contributed by atoms with Gasteiger partial charge in [0.05, 0.1) is 17.7 Å². The molecule has 0 bridgehead atoms. The lowest BCUT2D eigenvalue weighted by Gasteiger charge is -2.08. The van der Waals surface area contributed by atoms with E-state index in [1.54, 1.807) is 13.2 Å². The van der Waals surface area contributed by atoms with Crippen molar-refractivity contribution in [2.24, 2.45) is 0 Å². The highest BCUT2D eigenvalue weighted by Gasteiger charge is 2.17. The van der Waals surface area contributed by atoms with Gasteiger partial charge in [0.15, 0.2) is 0 Å². The first-order valence-corrected chi connectivity index (χ1v) is 6.15. The fourth-order valence-electron chi connectivity index (χ4n) is 2.10. The van der Waals surface area contributed by atoms with Crippen LogP contribution in [0.2, 0.25) is 5.02 Å². The maximum absolute atomic E-state index is 6.26. The van der Waals surface area contributed by atoms with Crippen molar-refractivity contribution in [1.82, 2.24) is 9.38 Å². The molecule has 3 aromatic rings. The lowest BCUT2D eigenvalue weighted by Crippen LogP contribution is -1.95. The third-order valence-corrected chi connectivity index (χ3v) is 3.31. The van der Waals surface area contributed by atoms with Crippen LogP contribution in [0.25, 0.3) is 16.9 Å². The number of imidazole rings is 1. The molecule has 3 rings (SSSR count). The molecular weight excluding hydrogens is 262 g/mol. The third kappa shape index (κ3) is 1.81. The van der Waals surface area contributed by atoms with Gasteiger partial charge in [0.1, 0.15) is 22.9 Å². The van der Waals surface area contributed by atoms with E-state index in [0.29, 0.717) is 27.8 Å². The Balaban J connectivity index is 2.33. The van der Waals surface area contributed by atoms with Crippen LogP contribution < -0.4 is 10.5 Å². The van der Waals surface area contributed by atoms with Crippen LogP contribution in [0.1, 0.15) is 0 Å². The van der Waals surface area contributed by atoms with E-state index in [0.717, 1.165) is 5.65 Å². The van der Waals surface area contributed by atoms with E-state index in [2.05, 4.69) is 4.98 Å². The van der Waals surface area contributed by atoms with Gasteiger partial charge in [-0.25, -0.2) is 4.98 Å². The average Bonchev–Trinajstić information content (AvgIpc) is 2.76. The molecule has 0 saturated carbocycles. The summed E-state index contributed by atoms with van der Waals surface area (Å²) in [6.45, 7) is 0. The molecule has 0 fully saturated rings. The van der Waals surface area contributed by atoms with Gasteiger partial charge in [0, 0.05) is 6.20 Å². The topological polar surface area (TPSA) is 52.5 Å². The second-order valence-corrected chi connectivity index (χ2v) is 4.50. The molecule has 0 aliphatic heterocycles. The second-order valence-electron chi connectivity index (χ2n) is 4.09. The Morgan fingerprint density at radius 2 is 2.05 bits per heavy atom. The van der Waals surface area contributed by atoms with Gasteiger partial charge in [-0.1, -0.05) is 23.7 Å². The van der Waals surface area contributed by atoms with Crippen LogP contribution in [0.4, 0.5) is 5.82 Å². The number of anilines is 1. The van der Waals surface area contributed by atoms with E-state index in [1.807, 2.05) is 40.9 Å². The standard InChI is InChI=1S/C14H12ClN3O/c1-19-10-6-4-5-9(15)12(10)13-14(16)18-8-3-2-7-11(18)17-13/h2-8H,16H2,1H3. The molecule has 0 amide bonds. The van der Waals surface area contributed by atoms with Gasteiger partial charge in [-0.05, 0) is 24.3 Å². The summed E-state index contributed by atoms with van der Waals surface area (Å²) in [6, 6.07) is 11.2. The van der Waals surface area contributed by atoms with Crippen molar-refractivity contribution in [1.29, 1.82) is 0 Å². The number of ether oxygens (including phenoxy) is 1. The number of nitrogen functional groups attached to an aromatic ring is 1. The van der Waals surface area contributed by atoms with E-state index >= 15 is 0 Å². The van der Waals surface area contributed by atoms with Crippen LogP contribution in [-0.4, -0.2) is 16.5 Å². The molecule has 19 heavy (non-hydrogen) atoms. The number of nitrogens with two attached hydrogens (primary N) is 1. The molecule has 0 aliphatic carbocycles. The van der Waals surface area contributed by atoms with Crippen LogP contribution in [0.3, 0.4) is 0 Å². The lowest BCUT2D eigenvalue weighted by atomic mass is 10.1. The van der Waals surface area contributed by atoms with Gasteiger partial charge in [-0.3, -0.25) is 4.40 Å². The van der Waals surface area contributed by atoms with Crippen LogP contribution >= 0.6 is 11.6 Å². The lowest BCUT2D eigenvalue weighted by molar-refractivity contribution is 0.416. The SMILES string of the molecule is COc1cccc(Cl)c1-c1nc2ccccn2c1N. The van der Waals surface area contributed by atoms with E-state index in [4.69, 9.17) is 22.1 Å². The molecule has 96 valence electrons. The Morgan fingerprint density at radius 3 is 2.79 bits per heavy atom. The summed E-state index contributed by atoms with van der Waals surface area (Å²) in [6.07, 6.45) is 1.87. The summed E-state index contributed by atoms with van der Waals surface area (Å²) >= 11 is 6.26. The normalized spacial score (nSPS) is 10.8. The van der Waals surface area contributed by atoms with Crippen molar-refractivity contribution in [2.45, 2.75) is 0 Å². The number of nitrogens with zero attached hydrogens (tertiary/aromatic N) is 2. The Hall–Kier alpha value is -2.20. The highest BCUT2D eigenvalue weighted by molar-refractivity contribution is 6.33. The van der Waals surface area contributed by atoms with Gasteiger partial charge >= 0.3 is 0 Å². The number of hydrogen-bond donors (Lipinski definition) is 1. The fraction of sp³-hybridized carbons (Fsp3) is 0.0714. The number of fused-ring (bicyclic) bond motifs is 1. The number of halogens is 1. The van der Waals surface area contributed by atoms with Crippen LogP contribution in [0.15, 0.2) is 42.6 Å². The molecule has 0 saturated heterocycles. The molecule has 2 heterocycles. The van der Waals surface area contributed by atoms with E-state index in [1.165, 1.54) is 0 Å². The summed E-state index contributed by atoms with van der Waals surface area (Å²) in [5.41, 5.74) is 8.27. The minimum Gasteiger partial charge on any atom is -0.496 e. The van der Waals surface area contributed by atoms with Gasteiger partial charge in [0.2, 0.25) is 0 Å². The molecule has 4 nitrogen and oxygen atoms in total. The molecule has 5 heteroatoms. The Morgan fingerprint density at radius 1 is 1.21 bits per heavy atom. The largest absolute Gasteiger partial charge is 0.496 e.